The van der Waals surface area contributed by atoms with E-state index in [-0.39, 0.29) is 0 Å². The molecular weight excluding hydrogens is 1050 g/mol. The first-order valence-electron chi connectivity index (χ1n) is 27.8. The molecule has 12 heteroatoms. The van der Waals surface area contributed by atoms with Gasteiger partial charge in [0, 0.05) is 74.7 Å². The number of nitrogens with one attached hydrogen (secondary N) is 2. The van der Waals surface area contributed by atoms with Crippen LogP contribution in [0.15, 0.2) is 121 Å². The first-order valence-corrected chi connectivity index (χ1v) is 57.8. The van der Waals surface area contributed by atoms with Gasteiger partial charge in [-0.1, -0.05) is 249 Å². The molecular formula is C64H86N4Si8. The molecule has 2 aliphatic rings. The van der Waals surface area contributed by atoms with Crippen molar-refractivity contribution in [1.29, 1.82) is 0 Å². The highest BCUT2D eigenvalue weighted by atomic mass is 29.3. The summed E-state index contributed by atoms with van der Waals surface area (Å²) < 4.78 is 0. The fourth-order valence-corrected chi connectivity index (χ4v) is 30.2. The van der Waals surface area contributed by atoms with Crippen molar-refractivity contribution in [3.63, 3.8) is 0 Å². The number of aromatic amines is 2. The van der Waals surface area contributed by atoms with E-state index in [1.807, 2.05) is 0 Å². The molecule has 2 N–H and O–H groups in total. The van der Waals surface area contributed by atoms with Gasteiger partial charge in [-0.3, -0.25) is 0 Å². The average Bonchev–Trinajstić information content (AvgIpc) is 4.22. The highest BCUT2D eigenvalue weighted by molar-refractivity contribution is 7.46. The van der Waals surface area contributed by atoms with Crippen LogP contribution in [0.2, 0.25) is 131 Å². The molecule has 5 heterocycles. The van der Waals surface area contributed by atoms with E-state index in [0.29, 0.717) is 0 Å². The van der Waals surface area contributed by atoms with Gasteiger partial charge in [-0.2, -0.15) is 0 Å². The van der Waals surface area contributed by atoms with E-state index < -0.39 is 60.7 Å². The minimum absolute atomic E-state index is 0.952. The SMILES string of the molecule is C[Si](C)(C)[Si](C)(C)c1ccc(-c2c3nc(c(-c4ccc([Si](C)(C)[Si](C)(C)C)cc4)c4ccc([nH]4)c(-c4ccc([Si](C)(C)[Si](C)(C)C)cc4)c4nc(c(-c5ccc([Si](C)(C)[Si](C)(C)C)cc5)c5ccc2[nH]5)C=C4)C=C3)cc1. The maximum Gasteiger partial charge on any atom is 0.0737 e. The fourth-order valence-electron chi connectivity index (χ4n) is 10.4. The van der Waals surface area contributed by atoms with Crippen LogP contribution in [0.3, 0.4) is 0 Å². The second-order valence-electron chi connectivity index (χ2n) is 28.3. The summed E-state index contributed by atoms with van der Waals surface area (Å²) in [6.07, 6.45) is 9.00. The summed E-state index contributed by atoms with van der Waals surface area (Å²) in [5.74, 6) is 0. The molecule has 0 atom stereocenters. The minimum atomic E-state index is -1.65. The monoisotopic (exact) mass is 1130 g/mol. The molecule has 76 heavy (non-hydrogen) atoms. The molecule has 3 aromatic heterocycles. The van der Waals surface area contributed by atoms with Crippen LogP contribution in [-0.2, 0) is 0 Å². The van der Waals surface area contributed by atoms with Crippen LogP contribution < -0.4 is 20.7 Å². The second kappa shape index (κ2) is 19.5. The lowest BCUT2D eigenvalue weighted by Gasteiger charge is -2.35. The van der Waals surface area contributed by atoms with Crippen LogP contribution in [0.4, 0.5) is 0 Å². The minimum Gasteiger partial charge on any atom is -0.354 e. The van der Waals surface area contributed by atoms with Gasteiger partial charge in [0.25, 0.3) is 0 Å². The number of rotatable bonds is 12. The first kappa shape index (κ1) is 56.0. The van der Waals surface area contributed by atoms with Crippen LogP contribution in [0.25, 0.3) is 90.9 Å². The molecule has 7 aromatic rings. The quantitative estimate of drug-likeness (QED) is 0.120. The van der Waals surface area contributed by atoms with Crippen LogP contribution in [-0.4, -0.2) is 80.7 Å². The predicted molar refractivity (Wildman–Crippen MR) is 362 cm³/mol. The highest BCUT2D eigenvalue weighted by Crippen LogP contribution is 2.39. The molecule has 0 amide bonds. The second-order valence-corrected chi connectivity index (χ2v) is 94.6. The summed E-state index contributed by atoms with van der Waals surface area (Å²) in [6, 6.07) is 47.5. The number of hydrogen-bond donors (Lipinski definition) is 2. The number of fused-ring (bicyclic) bond motifs is 8. The molecule has 9 rings (SSSR count). The van der Waals surface area contributed by atoms with Crippen molar-refractivity contribution in [1.82, 2.24) is 19.9 Å². The zero-order valence-electron chi connectivity index (χ0n) is 49.8. The molecule has 0 fully saturated rings. The van der Waals surface area contributed by atoms with E-state index in [0.717, 1.165) is 89.4 Å². The number of aromatic nitrogens is 4. The van der Waals surface area contributed by atoms with Crippen LogP contribution in [0.1, 0.15) is 22.8 Å². The van der Waals surface area contributed by atoms with E-state index >= 15 is 0 Å². The summed E-state index contributed by atoms with van der Waals surface area (Å²) in [6.45, 7) is 51.0. The summed E-state index contributed by atoms with van der Waals surface area (Å²) in [5.41, 5.74) is 17.0. The van der Waals surface area contributed by atoms with E-state index in [4.69, 9.17) is 9.97 Å². The Hall–Kier alpha value is -4.78. The standard InChI is InChI=1S/C64H86N4Si8/c1-69(2,3)73(13,14)49-29-21-45(22-30-49)61-53-37-39-55(65-53)62(46-23-31-50(32-24-46)74(15,16)70(4,5)6)57-41-43-59(67-57)64(48-27-35-52(36-28-48)76(19,20)72(10,11)12)60-44-42-58(68-60)63(56-40-38-54(61)66-56)47-25-33-51(34-26-47)75(17,18)71(7,8)9/h21-44,65,68H,1-20H3. The molecule has 0 radical (unpaired) electrons. The van der Waals surface area contributed by atoms with Gasteiger partial charge < -0.3 is 9.97 Å². The largest absolute Gasteiger partial charge is 0.354 e. The zero-order valence-corrected chi connectivity index (χ0v) is 57.8. The molecule has 0 unspecified atom stereocenters. The lowest BCUT2D eigenvalue weighted by atomic mass is 10.0. The summed E-state index contributed by atoms with van der Waals surface area (Å²) in [7, 11) is -12.3. The van der Waals surface area contributed by atoms with E-state index in [2.05, 4.69) is 287 Å². The Balaban J connectivity index is 1.40. The lowest BCUT2D eigenvalue weighted by Crippen LogP contribution is -2.61. The van der Waals surface area contributed by atoms with Crippen molar-refractivity contribution >= 4 is 128 Å². The molecule has 394 valence electrons. The first-order chi connectivity index (χ1) is 35.2. The van der Waals surface area contributed by atoms with Crippen molar-refractivity contribution in [2.24, 2.45) is 0 Å². The Kier molecular flexibility index (Phi) is 14.4. The number of nitrogens with zero attached hydrogens (tertiary/aromatic N) is 2. The molecule has 4 nitrogen and oxygen atoms in total. The summed E-state index contributed by atoms with van der Waals surface area (Å²) >= 11 is 0. The molecule has 0 aliphatic carbocycles. The highest BCUT2D eigenvalue weighted by Gasteiger charge is 2.41. The van der Waals surface area contributed by atoms with Crippen LogP contribution in [0.5, 0.6) is 0 Å². The molecule has 2 aliphatic heterocycles. The molecule has 0 saturated heterocycles. The Morgan fingerprint density at radius 2 is 0.408 bits per heavy atom. The molecule has 4 aromatic carbocycles. The van der Waals surface area contributed by atoms with Crippen molar-refractivity contribution in [3.05, 3.63) is 144 Å². The lowest BCUT2D eigenvalue weighted by molar-refractivity contribution is 1.31. The summed E-state index contributed by atoms with van der Waals surface area (Å²) in [5, 5.41) is 6.10. The van der Waals surface area contributed by atoms with Gasteiger partial charge in [-0.05, 0) is 70.8 Å². The van der Waals surface area contributed by atoms with Crippen molar-refractivity contribution in [2.75, 3.05) is 0 Å². The Labute approximate surface area is 464 Å². The van der Waals surface area contributed by atoms with Crippen molar-refractivity contribution in [3.8, 4) is 44.5 Å². The van der Waals surface area contributed by atoms with Crippen molar-refractivity contribution < 1.29 is 0 Å². The fraction of sp³-hybridized carbons (Fsp3) is 0.312. The number of benzene rings is 4. The Bertz CT molecular complexity index is 3120. The summed E-state index contributed by atoms with van der Waals surface area (Å²) in [4.78, 5) is 19.5. The Morgan fingerprint density at radius 3 is 0.566 bits per heavy atom. The maximum atomic E-state index is 5.72. The van der Waals surface area contributed by atoms with Gasteiger partial charge in [0.05, 0.1) is 53.1 Å². The van der Waals surface area contributed by atoms with Crippen LogP contribution in [0, 0.1) is 0 Å². The number of hydrogen-bond acceptors (Lipinski definition) is 2. The van der Waals surface area contributed by atoms with E-state index in [9.17, 15) is 0 Å². The van der Waals surface area contributed by atoms with Crippen molar-refractivity contribution in [2.45, 2.75) is 131 Å². The smallest absolute Gasteiger partial charge is 0.0737 e. The third-order valence-corrected chi connectivity index (χ3v) is 90.4. The Morgan fingerprint density at radius 1 is 0.237 bits per heavy atom. The third-order valence-electron chi connectivity index (χ3n) is 19.8. The topological polar surface area (TPSA) is 57.4 Å². The predicted octanol–water partition coefficient (Wildman–Crippen LogP) is 16.7. The van der Waals surface area contributed by atoms with E-state index in [1.54, 1.807) is 0 Å². The average molecular weight is 1140 g/mol. The maximum absolute atomic E-state index is 5.72. The molecule has 0 saturated carbocycles. The van der Waals surface area contributed by atoms with Gasteiger partial charge in [-0.15, -0.1) is 0 Å². The van der Waals surface area contributed by atoms with Gasteiger partial charge >= 0.3 is 0 Å². The van der Waals surface area contributed by atoms with Gasteiger partial charge in [0.2, 0.25) is 0 Å². The molecule has 8 bridgehead atoms. The normalized spacial score (nSPS) is 13.9. The van der Waals surface area contributed by atoms with Gasteiger partial charge in [-0.25, -0.2) is 9.97 Å². The zero-order chi connectivity index (χ0) is 55.3. The van der Waals surface area contributed by atoms with Crippen LogP contribution >= 0.6 is 0 Å². The third kappa shape index (κ3) is 10.0. The van der Waals surface area contributed by atoms with E-state index in [1.165, 1.54) is 20.7 Å². The van der Waals surface area contributed by atoms with Gasteiger partial charge in [0.1, 0.15) is 0 Å². The number of H-pyrrole nitrogens is 2. The van der Waals surface area contributed by atoms with Gasteiger partial charge in [0.15, 0.2) is 0 Å². The molecule has 0 spiro atoms.